The normalized spacial score (nSPS) is 39.6. The Bertz CT molecular complexity index is 376. The molecule has 1 aromatic rings. The summed E-state index contributed by atoms with van der Waals surface area (Å²) < 4.78 is 5.86. The minimum absolute atomic E-state index is 0.0486. The largest absolute Gasteiger partial charge is 0.373 e. The summed E-state index contributed by atoms with van der Waals surface area (Å²) in [6.45, 7) is 5.28. The van der Waals surface area contributed by atoms with E-state index in [0.717, 1.165) is 19.4 Å². The molecule has 2 aliphatic heterocycles. The molecule has 2 aliphatic rings. The summed E-state index contributed by atoms with van der Waals surface area (Å²) in [4.78, 5) is 7.72. The highest BCUT2D eigenvalue weighted by molar-refractivity contribution is 5.28. The van der Waals surface area contributed by atoms with Crippen molar-refractivity contribution in [3.8, 4) is 0 Å². The van der Waals surface area contributed by atoms with E-state index >= 15 is 0 Å². The van der Waals surface area contributed by atoms with E-state index in [9.17, 15) is 0 Å². The molecule has 4 heteroatoms. The minimum atomic E-state index is -0.0486. The summed E-state index contributed by atoms with van der Waals surface area (Å²) in [5, 5.41) is 3.61. The van der Waals surface area contributed by atoms with Crippen LogP contribution < -0.4 is 5.32 Å². The Balaban J connectivity index is 2.07. The number of aromatic nitrogens is 2. The highest BCUT2D eigenvalue weighted by Gasteiger charge is 2.49. The molecule has 2 N–H and O–H groups in total. The number of hydrogen-bond acceptors (Lipinski definition) is 3. The number of ether oxygens (including phenoxy) is 1. The van der Waals surface area contributed by atoms with Crippen molar-refractivity contribution in [3.05, 3.63) is 17.7 Å². The Morgan fingerprint density at radius 1 is 1.53 bits per heavy atom. The molecule has 1 saturated heterocycles. The zero-order chi connectivity index (χ0) is 10.5. The van der Waals surface area contributed by atoms with Gasteiger partial charge in [-0.3, -0.25) is 0 Å². The first-order valence-corrected chi connectivity index (χ1v) is 5.65. The molecule has 1 aromatic heterocycles. The number of hydrogen-bond donors (Lipinski definition) is 2. The lowest BCUT2D eigenvalue weighted by Crippen LogP contribution is -2.52. The van der Waals surface area contributed by atoms with Gasteiger partial charge in [-0.25, -0.2) is 4.98 Å². The van der Waals surface area contributed by atoms with Crippen LogP contribution in [-0.4, -0.2) is 28.7 Å². The first-order valence-electron chi connectivity index (χ1n) is 5.65. The van der Waals surface area contributed by atoms with Gasteiger partial charge in [0.15, 0.2) is 0 Å². The SMILES string of the molecule is C[C@@H]1C[C@@]2(NCCc3[nH]cnc32)[C@@H](C)O1. The van der Waals surface area contributed by atoms with E-state index in [1.165, 1.54) is 11.4 Å². The molecule has 82 valence electrons. The van der Waals surface area contributed by atoms with E-state index in [2.05, 4.69) is 29.1 Å². The van der Waals surface area contributed by atoms with E-state index < -0.39 is 0 Å². The van der Waals surface area contributed by atoms with E-state index in [0.29, 0.717) is 6.10 Å². The summed E-state index contributed by atoms with van der Waals surface area (Å²) in [6.07, 6.45) is 4.38. The summed E-state index contributed by atoms with van der Waals surface area (Å²) in [7, 11) is 0. The molecule has 1 fully saturated rings. The van der Waals surface area contributed by atoms with Crippen LogP contribution in [0.15, 0.2) is 6.33 Å². The fourth-order valence-electron chi connectivity index (χ4n) is 3.03. The van der Waals surface area contributed by atoms with Crippen molar-refractivity contribution < 1.29 is 4.74 Å². The molecule has 0 saturated carbocycles. The van der Waals surface area contributed by atoms with E-state index in [-0.39, 0.29) is 11.6 Å². The van der Waals surface area contributed by atoms with E-state index in [1.807, 2.05) is 0 Å². The number of nitrogens with one attached hydrogen (secondary N) is 2. The molecule has 15 heavy (non-hydrogen) atoms. The highest BCUT2D eigenvalue weighted by Crippen LogP contribution is 2.41. The van der Waals surface area contributed by atoms with Crippen molar-refractivity contribution in [2.45, 2.75) is 44.4 Å². The van der Waals surface area contributed by atoms with Crippen molar-refractivity contribution in [1.82, 2.24) is 15.3 Å². The Morgan fingerprint density at radius 3 is 3.13 bits per heavy atom. The summed E-state index contributed by atoms with van der Waals surface area (Å²) >= 11 is 0. The fourth-order valence-corrected chi connectivity index (χ4v) is 3.03. The summed E-state index contributed by atoms with van der Waals surface area (Å²) in [5.41, 5.74) is 2.40. The fraction of sp³-hybridized carbons (Fsp3) is 0.727. The number of fused-ring (bicyclic) bond motifs is 2. The summed E-state index contributed by atoms with van der Waals surface area (Å²) in [5.74, 6) is 0. The van der Waals surface area contributed by atoms with Crippen LogP contribution in [0.25, 0.3) is 0 Å². The van der Waals surface area contributed by atoms with Crippen molar-refractivity contribution in [2.24, 2.45) is 0 Å². The second-order valence-corrected chi connectivity index (χ2v) is 4.67. The maximum atomic E-state index is 5.86. The van der Waals surface area contributed by atoms with Gasteiger partial charge in [0.25, 0.3) is 0 Å². The van der Waals surface area contributed by atoms with Gasteiger partial charge in [0.1, 0.15) is 0 Å². The number of aromatic amines is 1. The molecule has 0 unspecified atom stereocenters. The number of imidazole rings is 1. The maximum absolute atomic E-state index is 5.86. The van der Waals surface area contributed by atoms with Gasteiger partial charge >= 0.3 is 0 Å². The smallest absolute Gasteiger partial charge is 0.0926 e. The monoisotopic (exact) mass is 207 g/mol. The first-order chi connectivity index (χ1) is 7.22. The average molecular weight is 207 g/mol. The molecule has 4 nitrogen and oxygen atoms in total. The third kappa shape index (κ3) is 1.18. The van der Waals surface area contributed by atoms with Gasteiger partial charge < -0.3 is 15.0 Å². The predicted octanol–water partition coefficient (Wildman–Crippen LogP) is 0.948. The zero-order valence-corrected chi connectivity index (χ0v) is 9.21. The van der Waals surface area contributed by atoms with Gasteiger partial charge in [-0.05, 0) is 20.3 Å². The van der Waals surface area contributed by atoms with Gasteiger partial charge in [-0.2, -0.15) is 0 Å². The minimum Gasteiger partial charge on any atom is -0.373 e. The number of rotatable bonds is 0. The quantitative estimate of drug-likeness (QED) is 0.666. The predicted molar refractivity (Wildman–Crippen MR) is 56.6 cm³/mol. The van der Waals surface area contributed by atoms with Crippen LogP contribution in [-0.2, 0) is 16.7 Å². The van der Waals surface area contributed by atoms with Crippen LogP contribution in [0.1, 0.15) is 31.7 Å². The molecule has 3 rings (SSSR count). The van der Waals surface area contributed by atoms with Crippen LogP contribution in [0.5, 0.6) is 0 Å². The first kappa shape index (κ1) is 9.36. The van der Waals surface area contributed by atoms with Gasteiger partial charge in [-0.1, -0.05) is 0 Å². The standard InChI is InChI=1S/C11H17N3O/c1-7-5-11(8(2)15-7)10-9(3-4-14-11)12-6-13-10/h6-8,14H,3-5H2,1-2H3,(H,12,13)/t7-,8-,11-/m1/s1. The molecule has 3 heterocycles. The van der Waals surface area contributed by atoms with Crippen molar-refractivity contribution in [2.75, 3.05) is 6.54 Å². The summed E-state index contributed by atoms with van der Waals surface area (Å²) in [6, 6.07) is 0. The number of nitrogens with zero attached hydrogens (tertiary/aromatic N) is 1. The molecule has 0 radical (unpaired) electrons. The van der Waals surface area contributed by atoms with Crippen LogP contribution in [0.4, 0.5) is 0 Å². The van der Waals surface area contributed by atoms with Gasteiger partial charge in [0.05, 0.1) is 29.8 Å². The zero-order valence-electron chi connectivity index (χ0n) is 9.21. The molecule has 0 aromatic carbocycles. The molecule has 1 spiro atoms. The molecule has 0 amide bonds. The van der Waals surface area contributed by atoms with E-state index in [4.69, 9.17) is 4.74 Å². The lowest BCUT2D eigenvalue weighted by atomic mass is 9.83. The van der Waals surface area contributed by atoms with Gasteiger partial charge in [0.2, 0.25) is 0 Å². The second-order valence-electron chi connectivity index (χ2n) is 4.67. The third-order valence-corrected chi connectivity index (χ3v) is 3.70. The van der Waals surface area contributed by atoms with Crippen LogP contribution in [0, 0.1) is 0 Å². The average Bonchev–Trinajstić information content (AvgIpc) is 2.74. The third-order valence-electron chi connectivity index (χ3n) is 3.70. The Kier molecular flexibility index (Phi) is 1.91. The molecule has 3 atom stereocenters. The molecular weight excluding hydrogens is 190 g/mol. The lowest BCUT2D eigenvalue weighted by molar-refractivity contribution is 0.0404. The Labute approximate surface area is 89.4 Å². The van der Waals surface area contributed by atoms with Crippen molar-refractivity contribution >= 4 is 0 Å². The second kappa shape index (κ2) is 3.06. The van der Waals surface area contributed by atoms with Gasteiger partial charge in [0, 0.05) is 18.7 Å². The van der Waals surface area contributed by atoms with Crippen molar-refractivity contribution in [1.29, 1.82) is 0 Å². The van der Waals surface area contributed by atoms with Crippen LogP contribution >= 0.6 is 0 Å². The maximum Gasteiger partial charge on any atom is 0.0926 e. The Hall–Kier alpha value is -0.870. The topological polar surface area (TPSA) is 49.9 Å². The number of H-pyrrole nitrogens is 1. The lowest BCUT2D eigenvalue weighted by Gasteiger charge is -2.36. The molecular formula is C11H17N3O. The van der Waals surface area contributed by atoms with E-state index in [1.54, 1.807) is 6.33 Å². The van der Waals surface area contributed by atoms with Crippen molar-refractivity contribution in [3.63, 3.8) is 0 Å². The highest BCUT2D eigenvalue weighted by atomic mass is 16.5. The van der Waals surface area contributed by atoms with Crippen LogP contribution in [0.3, 0.4) is 0 Å². The molecule has 0 bridgehead atoms. The Morgan fingerprint density at radius 2 is 2.40 bits per heavy atom. The molecule has 0 aliphatic carbocycles. The van der Waals surface area contributed by atoms with Gasteiger partial charge in [-0.15, -0.1) is 0 Å². The van der Waals surface area contributed by atoms with Crippen LogP contribution in [0.2, 0.25) is 0 Å².